The summed E-state index contributed by atoms with van der Waals surface area (Å²) >= 11 is 5.91. The zero-order valence-corrected chi connectivity index (χ0v) is 12.8. The van der Waals surface area contributed by atoms with Gasteiger partial charge < -0.3 is 16.0 Å². The first-order valence-electron chi connectivity index (χ1n) is 7.22. The van der Waals surface area contributed by atoms with Crippen molar-refractivity contribution in [3.8, 4) is 0 Å². The van der Waals surface area contributed by atoms with Crippen LogP contribution in [0.1, 0.15) is 16.9 Å². The molecule has 0 radical (unpaired) electrons. The van der Waals surface area contributed by atoms with Crippen molar-refractivity contribution < 1.29 is 4.79 Å². The largest absolute Gasteiger partial charge is 0.381 e. The number of nitrogen functional groups attached to an aromatic ring is 1. The number of rotatable bonds is 4. The van der Waals surface area contributed by atoms with Crippen molar-refractivity contribution >= 4 is 29.0 Å². The van der Waals surface area contributed by atoms with Crippen molar-refractivity contribution in [2.24, 2.45) is 5.92 Å². The first-order chi connectivity index (χ1) is 10.6. The van der Waals surface area contributed by atoms with Gasteiger partial charge in [0, 0.05) is 25.3 Å². The second kappa shape index (κ2) is 6.27. The summed E-state index contributed by atoms with van der Waals surface area (Å²) in [5.74, 6) is 0.290. The lowest BCUT2D eigenvalue weighted by Gasteiger charge is -2.18. The molecule has 1 atom stereocenters. The number of hydrogen-bond acceptors (Lipinski definition) is 4. The van der Waals surface area contributed by atoms with Gasteiger partial charge in [-0.1, -0.05) is 29.8 Å². The first-order valence-corrected chi connectivity index (χ1v) is 7.60. The van der Waals surface area contributed by atoms with E-state index in [0.717, 1.165) is 19.5 Å². The number of nitrogens with one attached hydrogen (secondary N) is 2. The smallest absolute Gasteiger partial charge is 0.270 e. The number of carbonyl (C=O) groups is 1. The number of amides is 1. The minimum atomic E-state index is -0.271. The SMILES string of the molecule is Nc1n[nH]c(C(=O)NCC2CCN(c3ccccc3)C2)c1Cl. The van der Waals surface area contributed by atoms with Gasteiger partial charge in [-0.3, -0.25) is 9.89 Å². The molecule has 2 heterocycles. The van der Waals surface area contributed by atoms with Gasteiger partial charge in [0.05, 0.1) is 0 Å². The van der Waals surface area contributed by atoms with Crippen LogP contribution in [0.5, 0.6) is 0 Å². The van der Waals surface area contributed by atoms with Gasteiger partial charge in [-0.15, -0.1) is 0 Å². The number of aromatic amines is 1. The standard InChI is InChI=1S/C15H18ClN5O/c16-12-13(19-20-14(12)17)15(22)18-8-10-6-7-21(9-10)11-4-2-1-3-5-11/h1-5,10H,6-9H2,(H,18,22)(H3,17,19,20). The Bertz CT molecular complexity index is 657. The molecule has 1 aromatic heterocycles. The second-order valence-electron chi connectivity index (χ2n) is 5.44. The Morgan fingerprint density at radius 1 is 1.45 bits per heavy atom. The van der Waals surface area contributed by atoms with Crippen molar-refractivity contribution in [1.29, 1.82) is 0 Å². The molecule has 7 heteroatoms. The minimum absolute atomic E-state index is 0.142. The molecule has 0 bridgehead atoms. The Balaban J connectivity index is 1.53. The van der Waals surface area contributed by atoms with E-state index in [0.29, 0.717) is 12.5 Å². The summed E-state index contributed by atoms with van der Waals surface area (Å²) in [5, 5.41) is 9.34. The Hall–Kier alpha value is -2.21. The lowest BCUT2D eigenvalue weighted by atomic mass is 10.1. The Labute approximate surface area is 133 Å². The van der Waals surface area contributed by atoms with Crippen LogP contribution in [0.25, 0.3) is 0 Å². The van der Waals surface area contributed by atoms with Gasteiger partial charge in [0.2, 0.25) is 0 Å². The van der Waals surface area contributed by atoms with Gasteiger partial charge in [0.25, 0.3) is 5.91 Å². The van der Waals surface area contributed by atoms with E-state index in [1.54, 1.807) is 0 Å². The second-order valence-corrected chi connectivity index (χ2v) is 5.82. The number of benzene rings is 1. The summed E-state index contributed by atoms with van der Waals surface area (Å²) in [6.45, 7) is 2.54. The molecule has 0 aliphatic carbocycles. The van der Waals surface area contributed by atoms with E-state index in [4.69, 9.17) is 17.3 Å². The van der Waals surface area contributed by atoms with Crippen molar-refractivity contribution in [3.63, 3.8) is 0 Å². The highest BCUT2D eigenvalue weighted by Gasteiger charge is 2.24. The zero-order valence-electron chi connectivity index (χ0n) is 12.1. The van der Waals surface area contributed by atoms with E-state index in [-0.39, 0.29) is 22.4 Å². The molecule has 1 unspecified atom stereocenters. The summed E-state index contributed by atoms with van der Waals surface area (Å²) in [5.41, 5.74) is 6.96. The lowest BCUT2D eigenvalue weighted by molar-refractivity contribution is 0.0943. The topological polar surface area (TPSA) is 87.0 Å². The quantitative estimate of drug-likeness (QED) is 0.803. The van der Waals surface area contributed by atoms with Gasteiger partial charge in [-0.05, 0) is 24.5 Å². The van der Waals surface area contributed by atoms with Crippen molar-refractivity contribution in [2.45, 2.75) is 6.42 Å². The highest BCUT2D eigenvalue weighted by atomic mass is 35.5. The molecule has 1 aliphatic rings. The third kappa shape index (κ3) is 3.01. The van der Waals surface area contributed by atoms with E-state index in [2.05, 4.69) is 32.5 Å². The van der Waals surface area contributed by atoms with Crippen LogP contribution in [0.4, 0.5) is 11.5 Å². The molecule has 1 aliphatic heterocycles. The monoisotopic (exact) mass is 319 g/mol. The molecule has 0 saturated carbocycles. The summed E-state index contributed by atoms with van der Waals surface area (Å²) in [6, 6.07) is 10.3. The van der Waals surface area contributed by atoms with Crippen molar-refractivity contribution in [2.75, 3.05) is 30.3 Å². The predicted molar refractivity (Wildman–Crippen MR) is 87.1 cm³/mol. The Morgan fingerprint density at radius 3 is 2.91 bits per heavy atom. The fourth-order valence-corrected chi connectivity index (χ4v) is 2.86. The molecule has 0 spiro atoms. The number of halogens is 1. The van der Waals surface area contributed by atoms with E-state index < -0.39 is 0 Å². The normalized spacial score (nSPS) is 17.7. The van der Waals surface area contributed by atoms with Gasteiger partial charge in [0.15, 0.2) is 5.82 Å². The third-order valence-corrected chi connectivity index (χ3v) is 4.30. The van der Waals surface area contributed by atoms with E-state index in [1.165, 1.54) is 5.69 Å². The molecule has 22 heavy (non-hydrogen) atoms. The van der Waals surface area contributed by atoms with Crippen LogP contribution >= 0.6 is 11.6 Å². The van der Waals surface area contributed by atoms with Crippen LogP contribution in [0.2, 0.25) is 5.02 Å². The van der Waals surface area contributed by atoms with E-state index in [9.17, 15) is 4.79 Å². The van der Waals surface area contributed by atoms with Crippen LogP contribution in [0.3, 0.4) is 0 Å². The van der Waals surface area contributed by atoms with Crippen LogP contribution in [0, 0.1) is 5.92 Å². The van der Waals surface area contributed by atoms with Crippen molar-refractivity contribution in [1.82, 2.24) is 15.5 Å². The van der Waals surface area contributed by atoms with Crippen LogP contribution in [-0.4, -0.2) is 35.7 Å². The number of para-hydroxylation sites is 1. The Kier molecular flexibility index (Phi) is 4.20. The molecular formula is C15H18ClN5O. The van der Waals surface area contributed by atoms with Gasteiger partial charge in [-0.25, -0.2) is 0 Å². The minimum Gasteiger partial charge on any atom is -0.381 e. The maximum Gasteiger partial charge on any atom is 0.270 e. The maximum absolute atomic E-state index is 12.1. The molecule has 1 saturated heterocycles. The van der Waals surface area contributed by atoms with Gasteiger partial charge in [0.1, 0.15) is 10.7 Å². The van der Waals surface area contributed by atoms with Crippen LogP contribution in [-0.2, 0) is 0 Å². The molecular weight excluding hydrogens is 302 g/mol. The number of hydrogen-bond donors (Lipinski definition) is 3. The number of H-pyrrole nitrogens is 1. The van der Waals surface area contributed by atoms with Crippen LogP contribution < -0.4 is 16.0 Å². The fourth-order valence-electron chi connectivity index (χ4n) is 2.69. The first kappa shape index (κ1) is 14.7. The predicted octanol–water partition coefficient (Wildman–Crippen LogP) is 1.90. The number of carbonyl (C=O) groups excluding carboxylic acids is 1. The molecule has 2 aromatic rings. The van der Waals surface area contributed by atoms with E-state index >= 15 is 0 Å². The molecule has 3 rings (SSSR count). The van der Waals surface area contributed by atoms with E-state index in [1.807, 2.05) is 18.2 Å². The summed E-state index contributed by atoms with van der Waals surface area (Å²) in [6.07, 6.45) is 1.05. The van der Waals surface area contributed by atoms with Crippen LogP contribution in [0.15, 0.2) is 30.3 Å². The van der Waals surface area contributed by atoms with Gasteiger partial charge in [-0.2, -0.15) is 5.10 Å². The summed E-state index contributed by atoms with van der Waals surface area (Å²) < 4.78 is 0. The highest BCUT2D eigenvalue weighted by molar-refractivity contribution is 6.35. The molecule has 6 nitrogen and oxygen atoms in total. The fraction of sp³-hybridized carbons (Fsp3) is 0.333. The number of nitrogens with two attached hydrogens (primary N) is 1. The molecule has 116 valence electrons. The summed E-state index contributed by atoms with van der Waals surface area (Å²) in [4.78, 5) is 14.4. The molecule has 1 fully saturated rings. The van der Waals surface area contributed by atoms with Gasteiger partial charge >= 0.3 is 0 Å². The molecule has 1 aromatic carbocycles. The summed E-state index contributed by atoms with van der Waals surface area (Å²) in [7, 11) is 0. The average molecular weight is 320 g/mol. The third-order valence-electron chi connectivity index (χ3n) is 3.92. The molecule has 1 amide bonds. The number of anilines is 2. The average Bonchev–Trinajstić information content (AvgIpc) is 3.14. The number of nitrogens with zero attached hydrogens (tertiary/aromatic N) is 2. The molecule has 4 N–H and O–H groups in total. The zero-order chi connectivity index (χ0) is 15.5. The lowest BCUT2D eigenvalue weighted by Crippen LogP contribution is -2.31. The maximum atomic E-state index is 12.1. The number of aromatic nitrogens is 2. The highest BCUT2D eigenvalue weighted by Crippen LogP contribution is 2.23. The Morgan fingerprint density at radius 2 is 2.23 bits per heavy atom. The van der Waals surface area contributed by atoms with Crippen molar-refractivity contribution in [3.05, 3.63) is 41.0 Å².